The molecule has 2 aromatic rings. The van der Waals surface area contributed by atoms with E-state index in [4.69, 9.17) is 4.74 Å². The molecule has 0 saturated carbocycles. The van der Waals surface area contributed by atoms with Gasteiger partial charge in [-0.15, -0.1) is 0 Å². The Balaban J connectivity index is 1.42. The highest BCUT2D eigenvalue weighted by atomic mass is 79.9. The third kappa shape index (κ3) is 5.01. The quantitative estimate of drug-likeness (QED) is 0.767. The predicted octanol–water partition coefficient (Wildman–Crippen LogP) is 4.18. The standard InChI is InChI=1S/C21H25BrN2O2/c1-26-20-9-7-16(15-19(20)22)8-10-21(25)23-17-11-13-24(14-12-17)18-5-3-2-4-6-18/h2-7,9,15,17H,8,10-14H2,1H3,(H,23,25). The Kier molecular flexibility index (Phi) is 6.56. The van der Waals surface area contributed by atoms with E-state index in [9.17, 15) is 4.79 Å². The number of anilines is 1. The van der Waals surface area contributed by atoms with Crippen LogP contribution in [0.5, 0.6) is 5.75 Å². The van der Waals surface area contributed by atoms with E-state index in [1.54, 1.807) is 7.11 Å². The number of benzene rings is 2. The minimum absolute atomic E-state index is 0.134. The van der Waals surface area contributed by atoms with Gasteiger partial charge in [-0.05, 0) is 65.0 Å². The van der Waals surface area contributed by atoms with Gasteiger partial charge in [0.1, 0.15) is 5.75 Å². The zero-order chi connectivity index (χ0) is 18.4. The van der Waals surface area contributed by atoms with Gasteiger partial charge in [-0.2, -0.15) is 0 Å². The van der Waals surface area contributed by atoms with Crippen molar-refractivity contribution in [2.45, 2.75) is 31.7 Å². The summed E-state index contributed by atoms with van der Waals surface area (Å²) in [5.74, 6) is 0.943. The average molecular weight is 417 g/mol. The summed E-state index contributed by atoms with van der Waals surface area (Å²) in [4.78, 5) is 14.7. The first kappa shape index (κ1) is 18.8. The highest BCUT2D eigenvalue weighted by molar-refractivity contribution is 9.10. The molecule has 0 aromatic heterocycles. The van der Waals surface area contributed by atoms with Crippen LogP contribution >= 0.6 is 15.9 Å². The Hall–Kier alpha value is -2.01. The summed E-state index contributed by atoms with van der Waals surface area (Å²) in [6.45, 7) is 1.97. The number of aryl methyl sites for hydroxylation is 1. The number of carbonyl (C=O) groups is 1. The molecular weight excluding hydrogens is 392 g/mol. The van der Waals surface area contributed by atoms with Crippen LogP contribution in [0.15, 0.2) is 53.0 Å². The van der Waals surface area contributed by atoms with E-state index in [0.717, 1.165) is 48.1 Å². The molecule has 1 aliphatic heterocycles. The average Bonchev–Trinajstić information content (AvgIpc) is 2.68. The second-order valence-corrected chi connectivity index (χ2v) is 7.49. The number of amides is 1. The highest BCUT2D eigenvalue weighted by Gasteiger charge is 2.20. The summed E-state index contributed by atoms with van der Waals surface area (Å²) in [6, 6.07) is 16.7. The van der Waals surface area contributed by atoms with Crippen molar-refractivity contribution in [2.75, 3.05) is 25.1 Å². The first-order valence-electron chi connectivity index (χ1n) is 9.07. The third-order valence-corrected chi connectivity index (χ3v) is 5.46. The number of carbonyl (C=O) groups excluding carboxylic acids is 1. The van der Waals surface area contributed by atoms with Crippen molar-refractivity contribution in [3.63, 3.8) is 0 Å². The molecule has 1 aliphatic rings. The SMILES string of the molecule is COc1ccc(CCC(=O)NC2CCN(c3ccccc3)CC2)cc1Br. The number of rotatable bonds is 6. The van der Waals surface area contributed by atoms with E-state index in [0.29, 0.717) is 6.42 Å². The minimum atomic E-state index is 0.134. The van der Waals surface area contributed by atoms with Crippen molar-refractivity contribution >= 4 is 27.5 Å². The first-order chi connectivity index (χ1) is 12.7. The molecule has 1 heterocycles. The van der Waals surface area contributed by atoms with Crippen LogP contribution in [0.3, 0.4) is 0 Å². The molecule has 5 heteroatoms. The van der Waals surface area contributed by atoms with Crippen molar-refractivity contribution in [2.24, 2.45) is 0 Å². The fraction of sp³-hybridized carbons (Fsp3) is 0.381. The molecule has 1 fully saturated rings. The summed E-state index contributed by atoms with van der Waals surface area (Å²) in [7, 11) is 1.65. The van der Waals surface area contributed by atoms with Crippen LogP contribution < -0.4 is 15.0 Å². The number of ether oxygens (including phenoxy) is 1. The fourth-order valence-electron chi connectivity index (χ4n) is 3.34. The van der Waals surface area contributed by atoms with Crippen LogP contribution in [-0.2, 0) is 11.2 Å². The second-order valence-electron chi connectivity index (χ2n) is 6.63. The summed E-state index contributed by atoms with van der Waals surface area (Å²) in [5.41, 5.74) is 2.40. The molecular formula is C21H25BrN2O2. The first-order valence-corrected chi connectivity index (χ1v) is 9.87. The molecule has 0 spiro atoms. The maximum absolute atomic E-state index is 12.3. The molecule has 1 saturated heterocycles. The normalized spacial score (nSPS) is 14.9. The molecule has 0 bridgehead atoms. The molecule has 0 unspecified atom stereocenters. The Bertz CT molecular complexity index is 728. The molecule has 1 N–H and O–H groups in total. The predicted molar refractivity (Wildman–Crippen MR) is 109 cm³/mol. The number of methoxy groups -OCH3 is 1. The van der Waals surface area contributed by atoms with Gasteiger partial charge in [-0.1, -0.05) is 24.3 Å². The van der Waals surface area contributed by atoms with Crippen molar-refractivity contribution in [1.82, 2.24) is 5.32 Å². The molecule has 3 rings (SSSR count). The fourth-order valence-corrected chi connectivity index (χ4v) is 3.93. The van der Waals surface area contributed by atoms with Crippen LogP contribution in [0.2, 0.25) is 0 Å². The van der Waals surface area contributed by atoms with E-state index in [2.05, 4.69) is 50.4 Å². The molecule has 4 nitrogen and oxygen atoms in total. The highest BCUT2D eigenvalue weighted by Crippen LogP contribution is 2.26. The Morgan fingerprint density at radius 1 is 1.19 bits per heavy atom. The summed E-state index contributed by atoms with van der Waals surface area (Å²) in [6.07, 6.45) is 3.23. The molecule has 2 aromatic carbocycles. The van der Waals surface area contributed by atoms with Crippen LogP contribution in [0.4, 0.5) is 5.69 Å². The van der Waals surface area contributed by atoms with Gasteiger partial charge in [-0.3, -0.25) is 4.79 Å². The zero-order valence-electron chi connectivity index (χ0n) is 15.1. The van der Waals surface area contributed by atoms with Gasteiger partial charge >= 0.3 is 0 Å². The maximum atomic E-state index is 12.3. The number of halogens is 1. The van der Waals surface area contributed by atoms with E-state index in [1.807, 2.05) is 24.3 Å². The zero-order valence-corrected chi connectivity index (χ0v) is 16.7. The molecule has 1 amide bonds. The topological polar surface area (TPSA) is 41.6 Å². The van der Waals surface area contributed by atoms with Crippen LogP contribution in [0, 0.1) is 0 Å². The van der Waals surface area contributed by atoms with Gasteiger partial charge < -0.3 is 15.0 Å². The number of nitrogens with one attached hydrogen (secondary N) is 1. The molecule has 26 heavy (non-hydrogen) atoms. The minimum Gasteiger partial charge on any atom is -0.496 e. The summed E-state index contributed by atoms with van der Waals surface area (Å²) >= 11 is 3.49. The van der Waals surface area contributed by atoms with E-state index >= 15 is 0 Å². The van der Waals surface area contributed by atoms with Gasteiger partial charge in [-0.25, -0.2) is 0 Å². The Morgan fingerprint density at radius 3 is 2.58 bits per heavy atom. The van der Waals surface area contributed by atoms with E-state index < -0.39 is 0 Å². The number of piperidine rings is 1. The number of para-hydroxylation sites is 1. The Morgan fingerprint density at radius 2 is 1.92 bits per heavy atom. The van der Waals surface area contributed by atoms with Crippen LogP contribution in [0.1, 0.15) is 24.8 Å². The summed E-state index contributed by atoms with van der Waals surface area (Å²) < 4.78 is 6.16. The molecule has 0 aliphatic carbocycles. The van der Waals surface area contributed by atoms with Crippen molar-refractivity contribution in [3.8, 4) is 5.75 Å². The lowest BCUT2D eigenvalue weighted by atomic mass is 10.0. The van der Waals surface area contributed by atoms with Crippen LogP contribution in [-0.4, -0.2) is 32.1 Å². The van der Waals surface area contributed by atoms with Gasteiger partial charge in [0, 0.05) is 31.2 Å². The van der Waals surface area contributed by atoms with E-state index in [1.165, 1.54) is 5.69 Å². The second kappa shape index (κ2) is 9.08. The monoisotopic (exact) mass is 416 g/mol. The number of nitrogens with zero attached hydrogens (tertiary/aromatic N) is 1. The Labute approximate surface area is 163 Å². The van der Waals surface area contributed by atoms with Crippen LogP contribution in [0.25, 0.3) is 0 Å². The molecule has 0 atom stereocenters. The van der Waals surface area contributed by atoms with E-state index in [-0.39, 0.29) is 11.9 Å². The van der Waals surface area contributed by atoms with Crippen molar-refractivity contribution < 1.29 is 9.53 Å². The summed E-state index contributed by atoms with van der Waals surface area (Å²) in [5, 5.41) is 3.20. The lowest BCUT2D eigenvalue weighted by Gasteiger charge is -2.34. The molecule has 138 valence electrons. The molecule has 0 radical (unpaired) electrons. The van der Waals surface area contributed by atoms with Crippen molar-refractivity contribution in [3.05, 3.63) is 58.6 Å². The lowest BCUT2D eigenvalue weighted by Crippen LogP contribution is -2.44. The van der Waals surface area contributed by atoms with Gasteiger partial charge in [0.05, 0.1) is 11.6 Å². The third-order valence-electron chi connectivity index (χ3n) is 4.84. The van der Waals surface area contributed by atoms with Crippen molar-refractivity contribution in [1.29, 1.82) is 0 Å². The number of hydrogen-bond acceptors (Lipinski definition) is 3. The number of hydrogen-bond donors (Lipinski definition) is 1. The van der Waals surface area contributed by atoms with Gasteiger partial charge in [0.25, 0.3) is 0 Å². The van der Waals surface area contributed by atoms with Gasteiger partial charge in [0.2, 0.25) is 5.91 Å². The lowest BCUT2D eigenvalue weighted by molar-refractivity contribution is -0.121. The van der Waals surface area contributed by atoms with Gasteiger partial charge in [0.15, 0.2) is 0 Å². The smallest absolute Gasteiger partial charge is 0.220 e. The maximum Gasteiger partial charge on any atom is 0.220 e. The largest absolute Gasteiger partial charge is 0.496 e.